The fourth-order valence-corrected chi connectivity index (χ4v) is 2.02. The number of hydrogen-bond acceptors (Lipinski definition) is 4. The summed E-state index contributed by atoms with van der Waals surface area (Å²) in [5.74, 6) is 0.443. The fraction of sp³-hybridized carbons (Fsp3) is 0.385. The molecule has 0 spiro atoms. The molecule has 1 aromatic rings. The van der Waals surface area contributed by atoms with E-state index in [2.05, 4.69) is 38.7 Å². The smallest absolute Gasteiger partial charge is 0.186 e. The number of aromatic hydroxyl groups is 1. The molecule has 0 aliphatic rings. The van der Waals surface area contributed by atoms with E-state index in [0.717, 1.165) is 24.9 Å². The van der Waals surface area contributed by atoms with E-state index in [1.807, 2.05) is 0 Å². The summed E-state index contributed by atoms with van der Waals surface area (Å²) in [4.78, 5) is 0. The van der Waals surface area contributed by atoms with Gasteiger partial charge in [0.25, 0.3) is 0 Å². The van der Waals surface area contributed by atoms with Crippen LogP contribution in [0.2, 0.25) is 0 Å². The van der Waals surface area contributed by atoms with Crippen molar-refractivity contribution in [1.29, 1.82) is 0 Å². The monoisotopic (exact) mass is 359 g/mol. The van der Waals surface area contributed by atoms with E-state index in [0.29, 0.717) is 15.3 Å². The molecule has 0 radical (unpaired) electrons. The van der Waals surface area contributed by atoms with Gasteiger partial charge in [-0.3, -0.25) is 5.43 Å². The van der Waals surface area contributed by atoms with Crippen molar-refractivity contribution in [2.75, 3.05) is 13.7 Å². The number of halogens is 1. The Hall–Kier alpha value is -1.34. The maximum Gasteiger partial charge on any atom is 0.186 e. The topological polar surface area (TPSA) is 65.9 Å². The molecule has 0 atom stereocenters. The van der Waals surface area contributed by atoms with E-state index >= 15 is 0 Å². The number of thiocarbonyl (C=S) groups is 1. The van der Waals surface area contributed by atoms with E-state index in [4.69, 9.17) is 17.0 Å². The zero-order chi connectivity index (χ0) is 15.0. The molecule has 0 aromatic heterocycles. The minimum atomic E-state index is 0.0642. The van der Waals surface area contributed by atoms with Gasteiger partial charge in [-0.25, -0.2) is 0 Å². The SMILES string of the molecule is CCCCNC(=S)N/N=C/c1cc(Br)c(O)c(OC)c1. The highest BCUT2D eigenvalue weighted by molar-refractivity contribution is 9.10. The zero-order valence-electron chi connectivity index (χ0n) is 11.4. The summed E-state index contributed by atoms with van der Waals surface area (Å²) in [5, 5.41) is 17.3. The molecule has 20 heavy (non-hydrogen) atoms. The van der Waals surface area contributed by atoms with Gasteiger partial charge in [0.05, 0.1) is 17.8 Å². The molecule has 5 nitrogen and oxygen atoms in total. The third-order valence-electron chi connectivity index (χ3n) is 2.47. The van der Waals surface area contributed by atoms with Crippen LogP contribution in [-0.4, -0.2) is 30.1 Å². The summed E-state index contributed by atoms with van der Waals surface area (Å²) in [7, 11) is 1.49. The van der Waals surface area contributed by atoms with E-state index < -0.39 is 0 Å². The molecule has 0 saturated heterocycles. The Balaban J connectivity index is 2.58. The van der Waals surface area contributed by atoms with Crippen LogP contribution >= 0.6 is 28.1 Å². The number of ether oxygens (including phenoxy) is 1. The van der Waals surface area contributed by atoms with Crippen LogP contribution in [0.1, 0.15) is 25.3 Å². The van der Waals surface area contributed by atoms with Crippen molar-refractivity contribution in [2.24, 2.45) is 5.10 Å². The van der Waals surface area contributed by atoms with Crippen LogP contribution in [0.25, 0.3) is 0 Å². The largest absolute Gasteiger partial charge is 0.503 e. The lowest BCUT2D eigenvalue weighted by Crippen LogP contribution is -2.32. The number of methoxy groups -OCH3 is 1. The molecular weight excluding hydrogens is 342 g/mol. The van der Waals surface area contributed by atoms with Crippen LogP contribution in [0.4, 0.5) is 0 Å². The number of nitrogens with one attached hydrogen (secondary N) is 2. The highest BCUT2D eigenvalue weighted by Gasteiger charge is 2.07. The average Bonchev–Trinajstić information content (AvgIpc) is 2.42. The molecule has 0 unspecified atom stereocenters. The predicted octanol–water partition coefficient (Wildman–Crippen LogP) is 2.76. The standard InChI is InChI=1S/C13H18BrN3O2S/c1-3-4-5-15-13(20)17-16-8-9-6-10(14)12(18)11(7-9)19-2/h6-8,18H,3-5H2,1-2H3,(H2,15,17,20)/b16-8+. The molecule has 3 N–H and O–H groups in total. The van der Waals surface area contributed by atoms with Crippen molar-refractivity contribution in [3.63, 3.8) is 0 Å². The number of unbranched alkanes of at least 4 members (excludes halogenated alkanes) is 1. The van der Waals surface area contributed by atoms with Crippen LogP contribution in [0, 0.1) is 0 Å². The van der Waals surface area contributed by atoms with Crippen LogP contribution in [0.15, 0.2) is 21.7 Å². The highest BCUT2D eigenvalue weighted by atomic mass is 79.9. The van der Waals surface area contributed by atoms with Crippen molar-refractivity contribution >= 4 is 39.5 Å². The number of nitrogens with zero attached hydrogens (tertiary/aromatic N) is 1. The Bertz CT molecular complexity index is 495. The van der Waals surface area contributed by atoms with Gasteiger partial charge in [0.15, 0.2) is 16.6 Å². The molecule has 0 fully saturated rings. The second kappa shape index (κ2) is 8.76. The fourth-order valence-electron chi connectivity index (χ4n) is 1.41. The van der Waals surface area contributed by atoms with Crippen LogP contribution in [0.5, 0.6) is 11.5 Å². The first-order valence-corrected chi connectivity index (χ1v) is 7.42. The molecule has 0 saturated carbocycles. The zero-order valence-corrected chi connectivity index (χ0v) is 13.8. The minimum Gasteiger partial charge on any atom is -0.503 e. The van der Waals surface area contributed by atoms with Gasteiger partial charge in [-0.05, 0) is 52.3 Å². The molecule has 0 heterocycles. The van der Waals surface area contributed by atoms with Gasteiger partial charge >= 0.3 is 0 Å². The van der Waals surface area contributed by atoms with Gasteiger partial charge in [0.1, 0.15) is 0 Å². The minimum absolute atomic E-state index is 0.0642. The van der Waals surface area contributed by atoms with E-state index in [1.54, 1.807) is 18.3 Å². The second-order valence-electron chi connectivity index (χ2n) is 4.03. The summed E-state index contributed by atoms with van der Waals surface area (Å²) in [6.45, 7) is 2.95. The van der Waals surface area contributed by atoms with Crippen molar-refractivity contribution in [3.8, 4) is 11.5 Å². The molecule has 1 aromatic carbocycles. The average molecular weight is 360 g/mol. The highest BCUT2D eigenvalue weighted by Crippen LogP contribution is 2.34. The van der Waals surface area contributed by atoms with Crippen molar-refractivity contribution in [2.45, 2.75) is 19.8 Å². The Morgan fingerprint density at radius 1 is 1.55 bits per heavy atom. The van der Waals surface area contributed by atoms with Crippen LogP contribution < -0.4 is 15.5 Å². The number of benzene rings is 1. The Labute approximate surface area is 132 Å². The Kier molecular flexibility index (Phi) is 7.32. The number of rotatable bonds is 6. The summed E-state index contributed by atoms with van der Waals surface area (Å²) < 4.78 is 5.60. The first kappa shape index (κ1) is 16.7. The lowest BCUT2D eigenvalue weighted by atomic mass is 10.2. The van der Waals surface area contributed by atoms with Crippen molar-refractivity contribution in [1.82, 2.24) is 10.7 Å². The van der Waals surface area contributed by atoms with Gasteiger partial charge in [0.2, 0.25) is 0 Å². The van der Waals surface area contributed by atoms with Crippen molar-refractivity contribution in [3.05, 3.63) is 22.2 Å². The number of hydrazone groups is 1. The van der Waals surface area contributed by atoms with Gasteiger partial charge in [-0.15, -0.1) is 0 Å². The first-order valence-electron chi connectivity index (χ1n) is 6.21. The normalized spacial score (nSPS) is 10.6. The van der Waals surface area contributed by atoms with Crippen LogP contribution in [-0.2, 0) is 0 Å². The van der Waals surface area contributed by atoms with E-state index in [9.17, 15) is 5.11 Å². The second-order valence-corrected chi connectivity index (χ2v) is 5.30. The van der Waals surface area contributed by atoms with Crippen LogP contribution in [0.3, 0.4) is 0 Å². The number of phenolic OH excluding ortho intramolecular Hbond substituents is 1. The quantitative estimate of drug-likeness (QED) is 0.315. The summed E-state index contributed by atoms with van der Waals surface area (Å²) in [5.41, 5.74) is 3.51. The van der Waals surface area contributed by atoms with Gasteiger partial charge in [-0.1, -0.05) is 13.3 Å². The summed E-state index contributed by atoms with van der Waals surface area (Å²) in [6.07, 6.45) is 3.77. The molecule has 110 valence electrons. The third kappa shape index (κ3) is 5.34. The number of phenols is 1. The lowest BCUT2D eigenvalue weighted by Gasteiger charge is -2.07. The third-order valence-corrected chi connectivity index (χ3v) is 3.31. The van der Waals surface area contributed by atoms with Crippen molar-refractivity contribution < 1.29 is 9.84 Å². The molecule has 0 amide bonds. The van der Waals surface area contributed by atoms with E-state index in [1.165, 1.54) is 7.11 Å². The molecule has 1 rings (SSSR count). The molecule has 0 aliphatic carbocycles. The Morgan fingerprint density at radius 3 is 2.95 bits per heavy atom. The molecule has 7 heteroatoms. The van der Waals surface area contributed by atoms with E-state index in [-0.39, 0.29) is 5.75 Å². The Morgan fingerprint density at radius 2 is 2.30 bits per heavy atom. The van der Waals surface area contributed by atoms with Gasteiger partial charge < -0.3 is 15.2 Å². The van der Waals surface area contributed by atoms with Gasteiger partial charge in [-0.2, -0.15) is 5.10 Å². The maximum absolute atomic E-state index is 9.69. The lowest BCUT2D eigenvalue weighted by molar-refractivity contribution is 0.372. The number of hydrogen-bond donors (Lipinski definition) is 3. The predicted molar refractivity (Wildman–Crippen MR) is 88.6 cm³/mol. The molecular formula is C13H18BrN3O2S. The maximum atomic E-state index is 9.69. The molecule has 0 bridgehead atoms. The molecule has 0 aliphatic heterocycles. The first-order chi connectivity index (χ1) is 9.58. The summed E-state index contributed by atoms with van der Waals surface area (Å²) in [6, 6.07) is 3.41. The van der Waals surface area contributed by atoms with Gasteiger partial charge in [0, 0.05) is 6.54 Å². The summed E-state index contributed by atoms with van der Waals surface area (Å²) >= 11 is 8.32.